The molecule has 0 amide bonds. The van der Waals surface area contributed by atoms with Crippen LogP contribution in [0.1, 0.15) is 29.5 Å². The van der Waals surface area contributed by atoms with Crippen LogP contribution in [0.5, 0.6) is 17.2 Å². The monoisotopic (exact) mass is 460 g/mol. The topological polar surface area (TPSA) is 82.9 Å². The predicted molar refractivity (Wildman–Crippen MR) is 113 cm³/mol. The molecule has 1 heterocycles. The van der Waals surface area contributed by atoms with Crippen molar-refractivity contribution in [2.45, 2.75) is 18.4 Å². The fraction of sp³-hybridized carbons (Fsp3) is 0.333. The third-order valence-electron chi connectivity index (χ3n) is 5.69. The summed E-state index contributed by atoms with van der Waals surface area (Å²) >= 11 is 3.57. The maximum absolute atomic E-state index is 11.7. The number of allylic oxidation sites excluding steroid dienone is 2. The van der Waals surface area contributed by atoms with Gasteiger partial charge in [-0.15, -0.1) is 0 Å². The quantitative estimate of drug-likeness (QED) is 0.374. The van der Waals surface area contributed by atoms with Crippen molar-refractivity contribution in [3.05, 3.63) is 62.1 Å². The van der Waals surface area contributed by atoms with Crippen LogP contribution in [0.3, 0.4) is 0 Å². The van der Waals surface area contributed by atoms with Crippen molar-refractivity contribution in [2.75, 3.05) is 26.6 Å². The first-order valence-electron chi connectivity index (χ1n) is 9.20. The van der Waals surface area contributed by atoms with Crippen molar-refractivity contribution < 1.29 is 19.1 Å². The fourth-order valence-corrected chi connectivity index (χ4v) is 5.06. The maximum Gasteiger partial charge on any atom is 0.275 e. The van der Waals surface area contributed by atoms with Gasteiger partial charge in [0.25, 0.3) is 5.69 Å². The van der Waals surface area contributed by atoms with E-state index >= 15 is 0 Å². The van der Waals surface area contributed by atoms with Gasteiger partial charge in [0.1, 0.15) is 5.75 Å². The summed E-state index contributed by atoms with van der Waals surface area (Å²) in [4.78, 5) is 11.4. The molecule has 29 heavy (non-hydrogen) atoms. The molecule has 0 saturated heterocycles. The van der Waals surface area contributed by atoms with E-state index in [0.717, 1.165) is 16.5 Å². The second kappa shape index (κ2) is 7.59. The molecule has 0 saturated carbocycles. The van der Waals surface area contributed by atoms with E-state index in [1.54, 1.807) is 27.4 Å². The number of methoxy groups -OCH3 is 3. The van der Waals surface area contributed by atoms with Gasteiger partial charge >= 0.3 is 0 Å². The standard InChI is InChI=1S/C21H21BrN2O5/c1-27-16-8-7-15(24(25)26)18-12-5-4-6-13(12)19(23-20(16)18)11-9-14(22)21(29-3)17(10-11)28-2/h4-5,7-10,12-13,19,23H,6H2,1-3H3/t12-,13-,19-/m0/s1. The number of hydrogen-bond donors (Lipinski definition) is 1. The smallest absolute Gasteiger partial charge is 0.275 e. The molecule has 0 fully saturated rings. The van der Waals surface area contributed by atoms with Crippen molar-refractivity contribution in [1.82, 2.24) is 0 Å². The Balaban J connectivity index is 1.88. The van der Waals surface area contributed by atoms with E-state index in [-0.39, 0.29) is 28.5 Å². The number of hydrogen-bond acceptors (Lipinski definition) is 6. The van der Waals surface area contributed by atoms with Gasteiger partial charge in [0.2, 0.25) is 0 Å². The molecule has 7 nitrogen and oxygen atoms in total. The lowest BCUT2D eigenvalue weighted by Gasteiger charge is -2.38. The van der Waals surface area contributed by atoms with Crippen molar-refractivity contribution in [3.8, 4) is 17.2 Å². The summed E-state index contributed by atoms with van der Waals surface area (Å²) in [5, 5.41) is 15.2. The number of fused-ring (bicyclic) bond motifs is 3. The molecule has 2 aromatic carbocycles. The number of rotatable bonds is 5. The lowest BCUT2D eigenvalue weighted by molar-refractivity contribution is -0.385. The Hall–Kier alpha value is -2.74. The maximum atomic E-state index is 11.7. The lowest BCUT2D eigenvalue weighted by Crippen LogP contribution is -2.30. The highest BCUT2D eigenvalue weighted by atomic mass is 79.9. The van der Waals surface area contributed by atoms with Crippen LogP contribution in [0.2, 0.25) is 0 Å². The summed E-state index contributed by atoms with van der Waals surface area (Å²) in [5.41, 5.74) is 2.48. The Kier molecular flexibility index (Phi) is 5.12. The summed E-state index contributed by atoms with van der Waals surface area (Å²) < 4.78 is 17.3. The average molecular weight is 461 g/mol. The Morgan fingerprint density at radius 1 is 1.14 bits per heavy atom. The molecule has 0 aromatic heterocycles. The lowest BCUT2D eigenvalue weighted by atomic mass is 9.76. The predicted octanol–water partition coefficient (Wildman–Crippen LogP) is 5.21. The van der Waals surface area contributed by atoms with Gasteiger partial charge < -0.3 is 19.5 Å². The molecule has 0 unspecified atom stereocenters. The largest absolute Gasteiger partial charge is 0.495 e. The highest BCUT2D eigenvalue weighted by Gasteiger charge is 2.43. The van der Waals surface area contributed by atoms with Crippen LogP contribution in [0.25, 0.3) is 0 Å². The van der Waals surface area contributed by atoms with Gasteiger partial charge in [0.05, 0.1) is 48.0 Å². The molecule has 4 rings (SSSR count). The normalized spacial score (nSPS) is 21.7. The third kappa shape index (κ3) is 3.11. The molecule has 3 atom stereocenters. The summed E-state index contributed by atoms with van der Waals surface area (Å²) in [5.74, 6) is 1.91. The first-order chi connectivity index (χ1) is 14.0. The molecule has 1 aliphatic carbocycles. The van der Waals surface area contributed by atoms with Gasteiger partial charge in [-0.2, -0.15) is 0 Å². The molecule has 8 heteroatoms. The minimum absolute atomic E-state index is 0.0707. The Morgan fingerprint density at radius 2 is 1.90 bits per heavy atom. The zero-order chi connectivity index (χ0) is 20.7. The SMILES string of the molecule is COc1ccc([N+](=O)[O-])c2c1N[C@@H](c1cc(Br)c(OC)c(OC)c1)[C@H]1CC=C[C@H]21. The Bertz CT molecular complexity index is 1010. The number of nitrogens with one attached hydrogen (secondary N) is 1. The second-order valence-electron chi connectivity index (χ2n) is 7.05. The second-order valence-corrected chi connectivity index (χ2v) is 7.90. The van der Waals surface area contributed by atoms with Crippen LogP contribution in [-0.4, -0.2) is 26.3 Å². The van der Waals surface area contributed by atoms with Crippen LogP contribution >= 0.6 is 15.9 Å². The Labute approximate surface area is 176 Å². The molecule has 0 bridgehead atoms. The number of halogens is 1. The fourth-order valence-electron chi connectivity index (χ4n) is 4.44. The van der Waals surface area contributed by atoms with E-state index in [2.05, 4.69) is 33.4 Å². The number of ether oxygens (including phenoxy) is 3. The van der Waals surface area contributed by atoms with Crippen molar-refractivity contribution in [3.63, 3.8) is 0 Å². The van der Waals surface area contributed by atoms with Crippen molar-refractivity contribution in [2.24, 2.45) is 5.92 Å². The molecule has 0 radical (unpaired) electrons. The first kappa shape index (κ1) is 19.6. The molecule has 2 aromatic rings. The third-order valence-corrected chi connectivity index (χ3v) is 6.28. The van der Waals surface area contributed by atoms with Gasteiger partial charge in [-0.3, -0.25) is 10.1 Å². The van der Waals surface area contributed by atoms with Gasteiger partial charge in [0.15, 0.2) is 11.5 Å². The van der Waals surface area contributed by atoms with Crippen LogP contribution in [0, 0.1) is 16.0 Å². The minimum Gasteiger partial charge on any atom is -0.495 e. The van der Waals surface area contributed by atoms with Crippen molar-refractivity contribution in [1.29, 1.82) is 0 Å². The van der Waals surface area contributed by atoms with E-state index in [9.17, 15) is 10.1 Å². The molecule has 152 valence electrons. The number of benzene rings is 2. The Morgan fingerprint density at radius 3 is 2.55 bits per heavy atom. The average Bonchev–Trinajstić information content (AvgIpc) is 3.21. The zero-order valence-corrected chi connectivity index (χ0v) is 17.9. The molecular formula is C21H21BrN2O5. The highest BCUT2D eigenvalue weighted by molar-refractivity contribution is 9.10. The molecule has 2 aliphatic rings. The van der Waals surface area contributed by atoms with Crippen LogP contribution in [-0.2, 0) is 0 Å². The van der Waals surface area contributed by atoms with Crippen LogP contribution < -0.4 is 19.5 Å². The molecule has 1 N–H and O–H groups in total. The van der Waals surface area contributed by atoms with Gasteiger partial charge in [0, 0.05) is 12.0 Å². The van der Waals surface area contributed by atoms with Gasteiger partial charge in [-0.1, -0.05) is 12.2 Å². The first-order valence-corrected chi connectivity index (χ1v) is 9.99. The molecule has 0 spiro atoms. The number of nitrogens with zero attached hydrogens (tertiary/aromatic N) is 1. The van der Waals surface area contributed by atoms with E-state index < -0.39 is 0 Å². The molecular weight excluding hydrogens is 440 g/mol. The van der Waals surface area contributed by atoms with Crippen molar-refractivity contribution >= 4 is 27.3 Å². The number of nitro groups is 1. The van der Waals surface area contributed by atoms with E-state index in [1.165, 1.54) is 6.07 Å². The highest BCUT2D eigenvalue weighted by Crippen LogP contribution is 2.55. The molecule has 1 aliphatic heterocycles. The van der Waals surface area contributed by atoms with Crippen LogP contribution in [0.15, 0.2) is 40.9 Å². The number of nitro benzene ring substituents is 1. The number of anilines is 1. The van der Waals surface area contributed by atoms with Gasteiger partial charge in [-0.25, -0.2) is 0 Å². The van der Waals surface area contributed by atoms with Crippen LogP contribution in [0.4, 0.5) is 11.4 Å². The van der Waals surface area contributed by atoms with E-state index in [1.807, 2.05) is 12.1 Å². The summed E-state index contributed by atoms with van der Waals surface area (Å²) in [6, 6.07) is 7.05. The minimum atomic E-state index is -0.323. The van der Waals surface area contributed by atoms with E-state index in [4.69, 9.17) is 14.2 Å². The summed E-state index contributed by atoms with van der Waals surface area (Å²) in [6.07, 6.45) is 4.99. The zero-order valence-electron chi connectivity index (χ0n) is 16.3. The summed E-state index contributed by atoms with van der Waals surface area (Å²) in [6.45, 7) is 0. The van der Waals surface area contributed by atoms with E-state index in [0.29, 0.717) is 28.5 Å². The summed E-state index contributed by atoms with van der Waals surface area (Å²) in [7, 11) is 4.77. The van der Waals surface area contributed by atoms with Gasteiger partial charge in [-0.05, 0) is 52.0 Å².